The molecule has 0 unspecified atom stereocenters. The molecule has 30 heavy (non-hydrogen) atoms. The van der Waals surface area contributed by atoms with Crippen LogP contribution in [0.15, 0.2) is 53.7 Å². The summed E-state index contributed by atoms with van der Waals surface area (Å²) in [6, 6.07) is 9.72. The topological polar surface area (TPSA) is 65.1 Å². The van der Waals surface area contributed by atoms with Crippen molar-refractivity contribution < 1.29 is 13.2 Å². The number of fused-ring (bicyclic) bond motifs is 1. The highest BCUT2D eigenvalue weighted by Crippen LogP contribution is 2.37. The van der Waals surface area contributed by atoms with Gasteiger partial charge in [0.1, 0.15) is 5.56 Å². The number of anilines is 1. The molecule has 4 rings (SSSR count). The Morgan fingerprint density at radius 1 is 1.13 bits per heavy atom. The second kappa shape index (κ2) is 7.91. The van der Waals surface area contributed by atoms with Gasteiger partial charge in [0.2, 0.25) is 0 Å². The van der Waals surface area contributed by atoms with Gasteiger partial charge >= 0.3 is 6.18 Å². The second-order valence-corrected chi connectivity index (χ2v) is 7.40. The van der Waals surface area contributed by atoms with E-state index in [0.717, 1.165) is 35.0 Å². The fourth-order valence-electron chi connectivity index (χ4n) is 3.86. The third-order valence-corrected chi connectivity index (χ3v) is 5.18. The van der Waals surface area contributed by atoms with Gasteiger partial charge in [-0.05, 0) is 41.4 Å². The first-order valence-corrected chi connectivity index (χ1v) is 9.40. The van der Waals surface area contributed by atoms with Gasteiger partial charge in [-0.3, -0.25) is 14.7 Å². The normalized spacial score (nSPS) is 13.7. The predicted molar refractivity (Wildman–Crippen MR) is 106 cm³/mol. The number of nitrogens with one attached hydrogen (secondary N) is 1. The maximum Gasteiger partial charge on any atom is 0.423 e. The average Bonchev–Trinajstić information content (AvgIpc) is 3.13. The van der Waals surface area contributed by atoms with Gasteiger partial charge in [-0.15, -0.1) is 0 Å². The van der Waals surface area contributed by atoms with Crippen molar-refractivity contribution in [2.24, 2.45) is 0 Å². The molecule has 1 N–H and O–H groups in total. The molecule has 9 heteroatoms. The Labute approximate surface area is 171 Å². The molecule has 0 spiro atoms. The van der Waals surface area contributed by atoms with E-state index in [1.165, 1.54) is 0 Å². The number of alkyl halides is 3. The molecule has 1 aliphatic heterocycles. The molecular weight excluding hydrogens is 395 g/mol. The Kier molecular flexibility index (Phi) is 5.29. The van der Waals surface area contributed by atoms with Crippen LogP contribution in [0.2, 0.25) is 0 Å². The number of hydrogen-bond acceptors (Lipinski definition) is 5. The van der Waals surface area contributed by atoms with Crippen LogP contribution in [0, 0.1) is 0 Å². The van der Waals surface area contributed by atoms with Crippen LogP contribution in [0.1, 0.15) is 27.8 Å². The lowest BCUT2D eigenvalue weighted by molar-refractivity contribution is -0.138. The predicted octanol–water partition coefficient (Wildman–Crippen LogP) is 3.34. The van der Waals surface area contributed by atoms with E-state index in [0.29, 0.717) is 19.6 Å². The van der Waals surface area contributed by atoms with Gasteiger partial charge < -0.3 is 4.90 Å². The van der Waals surface area contributed by atoms with Gasteiger partial charge in [-0.1, -0.05) is 18.2 Å². The first kappa shape index (κ1) is 20.1. The van der Waals surface area contributed by atoms with Crippen molar-refractivity contribution in [3.63, 3.8) is 0 Å². The average molecular weight is 415 g/mol. The summed E-state index contributed by atoms with van der Waals surface area (Å²) in [5.41, 5.74) is 1.50. The fraction of sp³-hybridized carbons (Fsp3) is 0.286. The van der Waals surface area contributed by atoms with Gasteiger partial charge in [0.15, 0.2) is 0 Å². The van der Waals surface area contributed by atoms with Crippen LogP contribution in [-0.2, 0) is 32.4 Å². The van der Waals surface area contributed by atoms with E-state index in [-0.39, 0.29) is 5.69 Å². The number of aromatic amines is 1. The summed E-state index contributed by atoms with van der Waals surface area (Å²) in [5.74, 6) is 0. The lowest BCUT2D eigenvalue weighted by Crippen LogP contribution is -2.28. The zero-order valence-corrected chi connectivity index (χ0v) is 16.3. The van der Waals surface area contributed by atoms with Crippen LogP contribution >= 0.6 is 0 Å². The molecule has 0 amide bonds. The molecule has 3 heterocycles. The number of hydrogen-bond donors (Lipinski definition) is 1. The Balaban J connectivity index is 1.58. The molecule has 2 aromatic heterocycles. The molecule has 0 saturated heterocycles. The molecule has 3 aromatic rings. The summed E-state index contributed by atoms with van der Waals surface area (Å²) in [5, 5.41) is 5.48. The molecule has 0 saturated carbocycles. The third kappa shape index (κ3) is 4.06. The van der Waals surface area contributed by atoms with Gasteiger partial charge in [-0.2, -0.15) is 18.3 Å². The molecule has 1 aromatic carbocycles. The zero-order chi connectivity index (χ0) is 21.3. The second-order valence-electron chi connectivity index (χ2n) is 7.40. The molecule has 0 fully saturated rings. The van der Waals surface area contributed by atoms with Gasteiger partial charge in [0, 0.05) is 38.6 Å². The van der Waals surface area contributed by atoms with Crippen LogP contribution < -0.4 is 10.5 Å². The molecule has 1 aliphatic rings. The van der Waals surface area contributed by atoms with E-state index in [4.69, 9.17) is 0 Å². The van der Waals surface area contributed by atoms with E-state index in [1.54, 1.807) is 17.3 Å². The van der Waals surface area contributed by atoms with Crippen molar-refractivity contribution in [3.8, 4) is 0 Å². The summed E-state index contributed by atoms with van der Waals surface area (Å²) >= 11 is 0. The molecule has 0 atom stereocenters. The molecule has 0 radical (unpaired) electrons. The molecule has 6 nitrogen and oxygen atoms in total. The summed E-state index contributed by atoms with van der Waals surface area (Å²) in [7, 11) is 1.99. The lowest BCUT2D eigenvalue weighted by atomic mass is 10.0. The largest absolute Gasteiger partial charge is 0.423 e. The van der Waals surface area contributed by atoms with Crippen LogP contribution in [-0.4, -0.2) is 27.1 Å². The Hall–Kier alpha value is -3.20. The van der Waals surface area contributed by atoms with E-state index >= 15 is 0 Å². The summed E-state index contributed by atoms with van der Waals surface area (Å²) in [4.78, 5) is 19.5. The molecule has 156 valence electrons. The number of halogens is 3. The van der Waals surface area contributed by atoms with Crippen molar-refractivity contribution in [2.75, 3.05) is 11.9 Å². The lowest BCUT2D eigenvalue weighted by Gasteiger charge is -2.22. The number of nitrogens with zero attached hydrogens (tertiary/aromatic N) is 4. The van der Waals surface area contributed by atoms with Crippen molar-refractivity contribution >= 4 is 5.69 Å². The van der Waals surface area contributed by atoms with E-state index < -0.39 is 17.3 Å². The third-order valence-electron chi connectivity index (χ3n) is 5.18. The quantitative estimate of drug-likeness (QED) is 0.693. The van der Waals surface area contributed by atoms with E-state index in [2.05, 4.69) is 15.0 Å². The van der Waals surface area contributed by atoms with Crippen LogP contribution in [0.3, 0.4) is 0 Å². The van der Waals surface area contributed by atoms with Crippen molar-refractivity contribution in [3.05, 3.63) is 87.1 Å². The molecule has 0 aliphatic carbocycles. The van der Waals surface area contributed by atoms with Crippen molar-refractivity contribution in [1.29, 1.82) is 0 Å². The monoisotopic (exact) mass is 415 g/mol. The summed E-state index contributed by atoms with van der Waals surface area (Å²) in [6.07, 6.45) is -0.191. The zero-order valence-electron chi connectivity index (χ0n) is 16.3. The van der Waals surface area contributed by atoms with E-state index in [9.17, 15) is 18.0 Å². The molecular formula is C21H20F3N5O. The highest BCUT2D eigenvalue weighted by Gasteiger charge is 2.39. The van der Waals surface area contributed by atoms with Crippen LogP contribution in [0.5, 0.6) is 0 Å². The van der Waals surface area contributed by atoms with Crippen LogP contribution in [0.25, 0.3) is 0 Å². The number of rotatable bonds is 5. The summed E-state index contributed by atoms with van der Waals surface area (Å²) < 4.78 is 40.4. The Morgan fingerprint density at radius 3 is 2.63 bits per heavy atom. The van der Waals surface area contributed by atoms with Crippen LogP contribution in [0.4, 0.5) is 18.9 Å². The highest BCUT2D eigenvalue weighted by atomic mass is 19.4. The van der Waals surface area contributed by atoms with Crippen molar-refractivity contribution in [1.82, 2.24) is 20.1 Å². The van der Waals surface area contributed by atoms with E-state index in [1.807, 2.05) is 42.5 Å². The minimum absolute atomic E-state index is 0.196. The fourth-order valence-corrected chi connectivity index (χ4v) is 3.86. The number of aromatic nitrogens is 3. The maximum atomic E-state index is 13.5. The minimum Gasteiger partial charge on any atom is -0.361 e. The summed E-state index contributed by atoms with van der Waals surface area (Å²) in [6.45, 7) is 1.97. The number of benzene rings is 1. The smallest absolute Gasteiger partial charge is 0.361 e. The SMILES string of the molecule is CN(Cc1ccncc1)Cc1cccc2c1CN(c1cn[nH]c(=O)c1C(F)(F)F)C2. The first-order valence-electron chi connectivity index (χ1n) is 9.40. The Bertz CT molecular complexity index is 1100. The van der Waals surface area contributed by atoms with Gasteiger partial charge in [-0.25, -0.2) is 5.10 Å². The number of H-pyrrole nitrogens is 1. The van der Waals surface area contributed by atoms with Gasteiger partial charge in [0.05, 0.1) is 11.9 Å². The standard InChI is InChI=1S/C21H20F3N5O/c1-28(10-14-5-7-25-8-6-14)11-15-3-2-4-16-12-29(13-17(15)16)18-9-26-27-20(30)19(18)21(22,23)24/h2-9H,10-13H2,1H3,(H,27,30). The molecule has 0 bridgehead atoms. The highest BCUT2D eigenvalue weighted by molar-refractivity contribution is 5.57. The number of pyridine rings is 1. The van der Waals surface area contributed by atoms with Gasteiger partial charge in [0.25, 0.3) is 5.56 Å². The minimum atomic E-state index is -4.76. The first-order chi connectivity index (χ1) is 14.3. The Morgan fingerprint density at radius 2 is 1.90 bits per heavy atom. The van der Waals surface area contributed by atoms with Crippen molar-refractivity contribution in [2.45, 2.75) is 32.4 Å². The maximum absolute atomic E-state index is 13.5.